The molecule has 4 saturated carbocycles. The first-order valence-corrected chi connectivity index (χ1v) is 3.37. The van der Waals surface area contributed by atoms with Gasteiger partial charge >= 0.3 is 0 Å². The SMILES string of the molecule is [SiH3]C12C3C1C32. The van der Waals surface area contributed by atoms with E-state index in [1.807, 2.05) is 0 Å². The minimum absolute atomic E-state index is 1.14. The van der Waals surface area contributed by atoms with Gasteiger partial charge in [-0.15, -0.1) is 0 Å². The second-order valence-corrected chi connectivity index (χ2v) is 4.68. The summed E-state index contributed by atoms with van der Waals surface area (Å²) >= 11 is 0. The van der Waals surface area contributed by atoms with Crippen LogP contribution in [0.25, 0.3) is 0 Å². The maximum atomic E-state index is 1.53. The molecule has 0 bridgehead atoms. The van der Waals surface area contributed by atoms with Crippen LogP contribution in [0.1, 0.15) is 0 Å². The van der Waals surface area contributed by atoms with Crippen LogP contribution in [0.4, 0.5) is 0 Å². The van der Waals surface area contributed by atoms with Crippen LogP contribution in [0.2, 0.25) is 5.04 Å². The molecule has 0 saturated heterocycles. The molecular formula is C4H6Si. The second-order valence-electron chi connectivity index (χ2n) is 2.94. The molecule has 0 aromatic carbocycles. The summed E-state index contributed by atoms with van der Waals surface area (Å²) in [5.41, 5.74) is 0. The molecule has 0 aliphatic heterocycles. The molecule has 0 aromatic heterocycles. The van der Waals surface area contributed by atoms with Gasteiger partial charge in [-0.25, -0.2) is 0 Å². The van der Waals surface area contributed by atoms with Crippen LogP contribution in [0.15, 0.2) is 0 Å². The van der Waals surface area contributed by atoms with Crippen LogP contribution >= 0.6 is 0 Å². The van der Waals surface area contributed by atoms with Gasteiger partial charge in [0.2, 0.25) is 0 Å². The molecule has 0 amide bonds. The van der Waals surface area contributed by atoms with Gasteiger partial charge in [-0.1, -0.05) is 0 Å². The van der Waals surface area contributed by atoms with Crippen LogP contribution in [0, 0.1) is 17.8 Å². The van der Waals surface area contributed by atoms with Gasteiger partial charge in [-0.2, -0.15) is 0 Å². The molecule has 0 spiro atoms. The van der Waals surface area contributed by atoms with Crippen molar-refractivity contribution in [3.63, 3.8) is 0 Å². The Morgan fingerprint density at radius 2 is 1.40 bits per heavy atom. The highest BCUT2D eigenvalue weighted by Gasteiger charge is 3.06. The van der Waals surface area contributed by atoms with Gasteiger partial charge in [0.15, 0.2) is 0 Å². The molecule has 0 heterocycles. The van der Waals surface area contributed by atoms with E-state index < -0.39 is 0 Å². The topological polar surface area (TPSA) is 0 Å². The van der Waals surface area contributed by atoms with Crippen LogP contribution in [-0.2, 0) is 0 Å². The summed E-state index contributed by atoms with van der Waals surface area (Å²) in [6, 6.07) is 0. The third-order valence-corrected chi connectivity index (χ3v) is 4.85. The third-order valence-electron chi connectivity index (χ3n) is 2.85. The van der Waals surface area contributed by atoms with E-state index in [1.165, 1.54) is 28.0 Å². The first-order chi connectivity index (χ1) is 2.37. The lowest BCUT2D eigenvalue weighted by Gasteiger charge is -1.54. The van der Waals surface area contributed by atoms with Crippen molar-refractivity contribution in [2.24, 2.45) is 17.8 Å². The van der Waals surface area contributed by atoms with Crippen molar-refractivity contribution < 1.29 is 0 Å². The van der Waals surface area contributed by atoms with Crippen molar-refractivity contribution in [2.75, 3.05) is 0 Å². The summed E-state index contributed by atoms with van der Waals surface area (Å²) in [6.07, 6.45) is 0. The van der Waals surface area contributed by atoms with E-state index in [2.05, 4.69) is 0 Å². The van der Waals surface area contributed by atoms with Gasteiger partial charge in [-0.3, -0.25) is 0 Å². The molecule has 0 unspecified atom stereocenters. The third kappa shape index (κ3) is 0.0420. The highest BCUT2D eigenvalue weighted by atomic mass is 28.1. The highest BCUT2D eigenvalue weighted by molar-refractivity contribution is 6.27. The van der Waals surface area contributed by atoms with E-state index in [0.717, 1.165) is 5.04 Å². The van der Waals surface area contributed by atoms with E-state index in [-0.39, 0.29) is 0 Å². The standard InChI is InChI=1S/C4H6Si/c5-4-1-2(4)3(1)4/h1-3H,5H3. The fourth-order valence-corrected chi connectivity index (χ4v) is 3.42. The second kappa shape index (κ2) is 0.188. The van der Waals surface area contributed by atoms with E-state index >= 15 is 0 Å². The number of hydrogen-bond donors (Lipinski definition) is 0. The summed E-state index contributed by atoms with van der Waals surface area (Å²) in [7, 11) is 1.53. The van der Waals surface area contributed by atoms with Gasteiger partial charge in [0.1, 0.15) is 0 Å². The summed E-state index contributed by atoms with van der Waals surface area (Å²) in [5, 5.41) is 1.14. The average Bonchev–Trinajstić information content (AvgIpc) is 1.63. The molecule has 0 N–H and O–H groups in total. The van der Waals surface area contributed by atoms with Crippen molar-refractivity contribution in [1.29, 1.82) is 0 Å². The molecule has 4 aliphatic carbocycles. The normalized spacial score (nSPS) is 104. The molecule has 0 nitrogen and oxygen atoms in total. The molecule has 4 aliphatic rings. The van der Waals surface area contributed by atoms with Gasteiger partial charge in [-0.05, 0) is 22.8 Å². The lowest BCUT2D eigenvalue weighted by molar-refractivity contribution is 1.43. The summed E-state index contributed by atoms with van der Waals surface area (Å²) in [5.74, 6) is 4.03. The Kier molecular flexibility index (Phi) is 0.0671. The Hall–Kier alpha value is 0.217. The van der Waals surface area contributed by atoms with Crippen molar-refractivity contribution in [1.82, 2.24) is 0 Å². The smallest absolute Gasteiger partial charge is 0.0118 e. The Morgan fingerprint density at radius 3 is 1.40 bits per heavy atom. The largest absolute Gasteiger partial charge is 0.0336 e. The Labute approximate surface area is 34.0 Å². The van der Waals surface area contributed by atoms with Crippen LogP contribution in [-0.4, -0.2) is 10.2 Å². The Bertz CT molecular complexity index is 91.0. The first kappa shape index (κ1) is 1.78. The molecule has 0 radical (unpaired) electrons. The summed E-state index contributed by atoms with van der Waals surface area (Å²) in [4.78, 5) is 0. The zero-order valence-electron chi connectivity index (χ0n) is 3.23. The summed E-state index contributed by atoms with van der Waals surface area (Å²) in [6.45, 7) is 0. The zero-order valence-corrected chi connectivity index (χ0v) is 5.23. The van der Waals surface area contributed by atoms with Crippen LogP contribution in [0.3, 0.4) is 0 Å². The number of hydrogen-bond acceptors (Lipinski definition) is 0. The van der Waals surface area contributed by atoms with Crippen molar-refractivity contribution in [2.45, 2.75) is 5.04 Å². The minimum Gasteiger partial charge on any atom is -0.0336 e. The maximum Gasteiger partial charge on any atom is 0.0118 e. The lowest BCUT2D eigenvalue weighted by atomic mass is 11.0. The molecule has 0 aromatic rings. The zero-order chi connectivity index (χ0) is 3.23. The van der Waals surface area contributed by atoms with Crippen molar-refractivity contribution in [3.8, 4) is 0 Å². The van der Waals surface area contributed by atoms with Crippen LogP contribution in [0.5, 0.6) is 0 Å². The minimum atomic E-state index is 1.14. The number of rotatable bonds is 0. The maximum absolute atomic E-state index is 1.53. The highest BCUT2D eigenvalue weighted by Crippen LogP contribution is 3.14. The van der Waals surface area contributed by atoms with E-state index in [4.69, 9.17) is 0 Å². The first-order valence-electron chi connectivity index (χ1n) is 2.37. The van der Waals surface area contributed by atoms with Crippen molar-refractivity contribution >= 4 is 10.2 Å². The monoisotopic (exact) mass is 82.0 g/mol. The lowest BCUT2D eigenvalue weighted by Crippen LogP contribution is -1.52. The molecule has 1 heteroatoms. The summed E-state index contributed by atoms with van der Waals surface area (Å²) < 4.78 is 0. The quantitative estimate of drug-likeness (QED) is 0.342. The predicted octanol–water partition coefficient (Wildman–Crippen LogP) is -0.600. The van der Waals surface area contributed by atoms with Crippen LogP contribution < -0.4 is 0 Å². The van der Waals surface area contributed by atoms with E-state index in [1.54, 1.807) is 0 Å². The average molecular weight is 82.2 g/mol. The van der Waals surface area contributed by atoms with Gasteiger partial charge in [0.05, 0.1) is 0 Å². The fraction of sp³-hybridized carbons (Fsp3) is 1.00. The Balaban J connectivity index is 2.55. The molecule has 4 fully saturated rings. The predicted molar refractivity (Wildman–Crippen MR) is 23.1 cm³/mol. The Morgan fingerprint density at radius 1 is 1.20 bits per heavy atom. The van der Waals surface area contributed by atoms with E-state index in [9.17, 15) is 0 Å². The molecule has 26 valence electrons. The molecule has 5 heavy (non-hydrogen) atoms. The fourth-order valence-electron chi connectivity index (χ4n) is 1.76. The molecule has 0 atom stereocenters. The molecular weight excluding hydrogens is 76.1 g/mol. The van der Waals surface area contributed by atoms with Gasteiger partial charge in [0, 0.05) is 10.2 Å². The van der Waals surface area contributed by atoms with E-state index in [0.29, 0.717) is 0 Å². The molecule has 4 rings (SSSR count). The van der Waals surface area contributed by atoms with Gasteiger partial charge < -0.3 is 0 Å². The van der Waals surface area contributed by atoms with Crippen molar-refractivity contribution in [3.05, 3.63) is 0 Å². The van der Waals surface area contributed by atoms with Gasteiger partial charge in [0.25, 0.3) is 0 Å².